The zero-order valence-corrected chi connectivity index (χ0v) is 12.2. The zero-order chi connectivity index (χ0) is 14.1. The molecule has 2 aromatic carbocycles. The van der Waals surface area contributed by atoms with Crippen LogP contribution in [0.25, 0.3) is 0 Å². The van der Waals surface area contributed by atoms with Crippen molar-refractivity contribution >= 4 is 33.2 Å². The summed E-state index contributed by atoms with van der Waals surface area (Å²) in [4.78, 5) is 12.2. The van der Waals surface area contributed by atoms with Gasteiger partial charge in [-0.3, -0.25) is 4.79 Å². The average Bonchev–Trinajstić information content (AvgIpc) is 2.89. The molecule has 20 heavy (non-hydrogen) atoms. The molecule has 4 nitrogen and oxygen atoms in total. The first kappa shape index (κ1) is 13.0. The van der Waals surface area contributed by atoms with Crippen LogP contribution in [0.2, 0.25) is 0 Å². The Hall–Kier alpha value is -2.01. The molecule has 1 amide bonds. The molecular formula is C15H13BrN2O2. The van der Waals surface area contributed by atoms with E-state index in [1.54, 1.807) is 24.3 Å². The molecule has 5 heteroatoms. The lowest BCUT2D eigenvalue weighted by Gasteiger charge is -2.09. The molecule has 0 spiro atoms. The Labute approximate surface area is 125 Å². The number of nitrogens with one attached hydrogen (secondary N) is 1. The van der Waals surface area contributed by atoms with E-state index >= 15 is 0 Å². The van der Waals surface area contributed by atoms with Gasteiger partial charge in [0.25, 0.3) is 5.91 Å². The normalized spacial score (nSPS) is 12.7. The van der Waals surface area contributed by atoms with E-state index in [1.165, 1.54) is 0 Å². The van der Waals surface area contributed by atoms with Crippen LogP contribution in [0.3, 0.4) is 0 Å². The van der Waals surface area contributed by atoms with Gasteiger partial charge in [0, 0.05) is 22.1 Å². The van der Waals surface area contributed by atoms with Crippen LogP contribution in [-0.4, -0.2) is 12.5 Å². The molecule has 2 aromatic rings. The van der Waals surface area contributed by atoms with Crippen LogP contribution in [-0.2, 0) is 6.42 Å². The van der Waals surface area contributed by atoms with E-state index in [0.717, 1.165) is 22.2 Å². The van der Waals surface area contributed by atoms with Crippen LogP contribution < -0.4 is 15.8 Å². The van der Waals surface area contributed by atoms with E-state index < -0.39 is 0 Å². The van der Waals surface area contributed by atoms with E-state index in [-0.39, 0.29) is 5.91 Å². The largest absolute Gasteiger partial charge is 0.493 e. The summed E-state index contributed by atoms with van der Waals surface area (Å²) < 4.78 is 6.19. The minimum absolute atomic E-state index is 0.148. The summed E-state index contributed by atoms with van der Waals surface area (Å²) in [5, 5.41) is 2.86. The third-order valence-corrected chi connectivity index (χ3v) is 3.85. The molecule has 0 atom stereocenters. The molecule has 102 valence electrons. The van der Waals surface area contributed by atoms with Gasteiger partial charge < -0.3 is 15.8 Å². The molecule has 3 N–H and O–H groups in total. The standard InChI is InChI=1S/C15H13BrN2O2/c16-12-8-11(17)2-3-13(12)18-15(19)10-1-4-14-9(7-10)5-6-20-14/h1-4,7-8H,5-6,17H2,(H,18,19). The van der Waals surface area contributed by atoms with E-state index in [4.69, 9.17) is 10.5 Å². The lowest BCUT2D eigenvalue weighted by atomic mass is 10.1. The van der Waals surface area contributed by atoms with Crippen LogP contribution in [0, 0.1) is 0 Å². The maximum absolute atomic E-state index is 12.2. The lowest BCUT2D eigenvalue weighted by molar-refractivity contribution is 0.102. The second-order valence-corrected chi connectivity index (χ2v) is 5.47. The Balaban J connectivity index is 1.82. The Morgan fingerprint density at radius 2 is 2.10 bits per heavy atom. The van der Waals surface area contributed by atoms with Crippen molar-refractivity contribution in [2.24, 2.45) is 0 Å². The molecule has 0 unspecified atom stereocenters. The second kappa shape index (κ2) is 5.17. The van der Waals surface area contributed by atoms with E-state index in [1.807, 2.05) is 12.1 Å². The third kappa shape index (κ3) is 2.49. The third-order valence-electron chi connectivity index (χ3n) is 3.19. The fraction of sp³-hybridized carbons (Fsp3) is 0.133. The number of amides is 1. The topological polar surface area (TPSA) is 64.3 Å². The van der Waals surface area contributed by atoms with Crippen LogP contribution in [0.5, 0.6) is 5.75 Å². The number of carbonyl (C=O) groups is 1. The second-order valence-electron chi connectivity index (χ2n) is 4.61. The number of hydrogen-bond donors (Lipinski definition) is 2. The monoisotopic (exact) mass is 332 g/mol. The summed E-state index contributed by atoms with van der Waals surface area (Å²) in [5.41, 5.74) is 8.71. The fourth-order valence-corrected chi connectivity index (χ4v) is 2.65. The number of ether oxygens (including phenoxy) is 1. The molecule has 0 radical (unpaired) electrons. The van der Waals surface area contributed by atoms with Crippen LogP contribution in [0.4, 0.5) is 11.4 Å². The maximum Gasteiger partial charge on any atom is 0.255 e. The van der Waals surface area contributed by atoms with Gasteiger partial charge in [0.05, 0.1) is 12.3 Å². The van der Waals surface area contributed by atoms with Crippen molar-refractivity contribution in [2.75, 3.05) is 17.7 Å². The minimum atomic E-state index is -0.148. The van der Waals surface area contributed by atoms with Crippen molar-refractivity contribution in [3.8, 4) is 5.75 Å². The number of anilines is 2. The molecule has 3 rings (SSSR count). The minimum Gasteiger partial charge on any atom is -0.493 e. The van der Waals surface area contributed by atoms with Crippen molar-refractivity contribution in [3.05, 3.63) is 52.0 Å². The van der Waals surface area contributed by atoms with Crippen molar-refractivity contribution in [1.82, 2.24) is 0 Å². The van der Waals surface area contributed by atoms with Crippen molar-refractivity contribution in [1.29, 1.82) is 0 Å². The average molecular weight is 333 g/mol. The molecule has 1 aliphatic heterocycles. The summed E-state index contributed by atoms with van der Waals surface area (Å²) in [5.74, 6) is 0.723. The molecular weight excluding hydrogens is 320 g/mol. The van der Waals surface area contributed by atoms with Gasteiger partial charge in [-0.2, -0.15) is 0 Å². The highest BCUT2D eigenvalue weighted by atomic mass is 79.9. The molecule has 1 aliphatic rings. The molecule has 0 bridgehead atoms. The Kier molecular flexibility index (Phi) is 3.36. The van der Waals surface area contributed by atoms with Gasteiger partial charge >= 0.3 is 0 Å². The number of fused-ring (bicyclic) bond motifs is 1. The molecule has 0 aliphatic carbocycles. The predicted molar refractivity (Wildman–Crippen MR) is 82.1 cm³/mol. The number of nitrogens with two attached hydrogens (primary N) is 1. The smallest absolute Gasteiger partial charge is 0.255 e. The first-order valence-electron chi connectivity index (χ1n) is 6.25. The van der Waals surface area contributed by atoms with Crippen molar-refractivity contribution in [2.45, 2.75) is 6.42 Å². The maximum atomic E-state index is 12.2. The van der Waals surface area contributed by atoms with E-state index in [9.17, 15) is 4.79 Å². The van der Waals surface area contributed by atoms with Crippen LogP contribution >= 0.6 is 15.9 Å². The molecule has 0 saturated carbocycles. The van der Waals surface area contributed by atoms with Crippen LogP contribution in [0.1, 0.15) is 15.9 Å². The zero-order valence-electron chi connectivity index (χ0n) is 10.7. The summed E-state index contributed by atoms with van der Waals surface area (Å²) in [7, 11) is 0. The van der Waals surface area contributed by atoms with Crippen molar-refractivity contribution in [3.63, 3.8) is 0 Å². The fourth-order valence-electron chi connectivity index (χ4n) is 2.16. The highest BCUT2D eigenvalue weighted by Gasteiger charge is 2.15. The predicted octanol–water partition coefficient (Wildman–Crippen LogP) is 3.22. The summed E-state index contributed by atoms with van der Waals surface area (Å²) in [6, 6.07) is 10.8. The number of rotatable bonds is 2. The molecule has 1 heterocycles. The van der Waals surface area contributed by atoms with Gasteiger partial charge in [-0.25, -0.2) is 0 Å². The highest BCUT2D eigenvalue weighted by Crippen LogP contribution is 2.28. The van der Waals surface area contributed by atoms with Gasteiger partial charge in [0.1, 0.15) is 5.75 Å². The Morgan fingerprint density at radius 3 is 2.90 bits per heavy atom. The van der Waals surface area contributed by atoms with Gasteiger partial charge in [-0.1, -0.05) is 0 Å². The number of nitrogen functional groups attached to an aromatic ring is 1. The lowest BCUT2D eigenvalue weighted by Crippen LogP contribution is -2.12. The number of carbonyl (C=O) groups excluding carboxylic acids is 1. The molecule has 0 aromatic heterocycles. The Morgan fingerprint density at radius 1 is 1.25 bits per heavy atom. The number of hydrogen-bond acceptors (Lipinski definition) is 3. The van der Waals surface area contributed by atoms with Gasteiger partial charge in [0.2, 0.25) is 0 Å². The number of halogens is 1. The highest BCUT2D eigenvalue weighted by molar-refractivity contribution is 9.10. The molecule has 0 saturated heterocycles. The first-order valence-corrected chi connectivity index (χ1v) is 7.05. The van der Waals surface area contributed by atoms with E-state index in [2.05, 4.69) is 21.2 Å². The van der Waals surface area contributed by atoms with Gasteiger partial charge in [0.15, 0.2) is 0 Å². The quantitative estimate of drug-likeness (QED) is 0.830. The molecule has 0 fully saturated rings. The van der Waals surface area contributed by atoms with Crippen molar-refractivity contribution < 1.29 is 9.53 Å². The van der Waals surface area contributed by atoms with E-state index in [0.29, 0.717) is 23.5 Å². The van der Waals surface area contributed by atoms with Gasteiger partial charge in [-0.15, -0.1) is 0 Å². The first-order chi connectivity index (χ1) is 9.63. The SMILES string of the molecule is Nc1ccc(NC(=O)c2ccc3c(c2)CCO3)c(Br)c1. The van der Waals surface area contributed by atoms with Crippen LogP contribution in [0.15, 0.2) is 40.9 Å². The number of benzene rings is 2. The summed E-state index contributed by atoms with van der Waals surface area (Å²) >= 11 is 3.38. The Bertz CT molecular complexity index is 686. The van der Waals surface area contributed by atoms with Gasteiger partial charge in [-0.05, 0) is 57.9 Å². The summed E-state index contributed by atoms with van der Waals surface area (Å²) in [6.07, 6.45) is 0.849. The summed E-state index contributed by atoms with van der Waals surface area (Å²) in [6.45, 7) is 0.684.